The molecule has 5 heteroatoms. The lowest BCUT2D eigenvalue weighted by Gasteiger charge is -2.33. The molecule has 0 bridgehead atoms. The van der Waals surface area contributed by atoms with Crippen LogP contribution in [-0.4, -0.2) is 46.6 Å². The van der Waals surface area contributed by atoms with E-state index in [-0.39, 0.29) is 18.5 Å². The van der Waals surface area contributed by atoms with E-state index in [1.807, 2.05) is 13.8 Å². The van der Waals surface area contributed by atoms with Crippen molar-refractivity contribution in [3.63, 3.8) is 0 Å². The first kappa shape index (κ1) is 18.9. The molecule has 0 saturated heterocycles. The van der Waals surface area contributed by atoms with Crippen molar-refractivity contribution in [3.05, 3.63) is 0 Å². The Kier molecular flexibility index (Phi) is 8.46. The number of aliphatic carboxylic acids is 1. The fourth-order valence-electron chi connectivity index (χ4n) is 2.11. The molecule has 118 valence electrons. The molecular weight excluding hydrogens is 256 g/mol. The molecule has 1 atom stereocenters. The number of carbonyl (C=O) groups is 2. The van der Waals surface area contributed by atoms with E-state index in [9.17, 15) is 14.7 Å². The number of hydrogen-bond donors (Lipinski definition) is 2. The fraction of sp³-hybridized carbons (Fsp3) is 0.867. The molecule has 2 N–H and O–H groups in total. The first-order chi connectivity index (χ1) is 9.25. The van der Waals surface area contributed by atoms with E-state index in [1.165, 1.54) is 6.42 Å². The van der Waals surface area contributed by atoms with Crippen molar-refractivity contribution in [3.8, 4) is 0 Å². The van der Waals surface area contributed by atoms with Crippen LogP contribution in [0.4, 0.5) is 0 Å². The second-order valence-corrected chi connectivity index (χ2v) is 5.84. The average molecular weight is 286 g/mol. The molecule has 0 spiro atoms. The van der Waals surface area contributed by atoms with E-state index >= 15 is 0 Å². The Hall–Kier alpha value is -1.10. The number of carboxylic acids is 1. The van der Waals surface area contributed by atoms with E-state index < -0.39 is 11.5 Å². The molecular formula is C15H30N2O3. The number of unbranched alkanes of at least 4 members (excludes halogenated alkanes) is 2. The molecule has 0 saturated carbocycles. The highest BCUT2D eigenvalue weighted by atomic mass is 16.4. The van der Waals surface area contributed by atoms with E-state index in [1.54, 1.807) is 18.7 Å². The Morgan fingerprint density at radius 1 is 1.25 bits per heavy atom. The number of carboxylic acid groups (broad SMARTS) is 1. The van der Waals surface area contributed by atoms with Crippen LogP contribution >= 0.6 is 0 Å². The second kappa shape index (κ2) is 8.95. The summed E-state index contributed by atoms with van der Waals surface area (Å²) in [4.78, 5) is 24.9. The van der Waals surface area contributed by atoms with Crippen LogP contribution in [-0.2, 0) is 9.59 Å². The third-order valence-corrected chi connectivity index (χ3v) is 3.68. The van der Waals surface area contributed by atoms with E-state index in [4.69, 9.17) is 0 Å². The molecule has 5 nitrogen and oxygen atoms in total. The van der Waals surface area contributed by atoms with Gasteiger partial charge in [-0.05, 0) is 33.7 Å². The van der Waals surface area contributed by atoms with E-state index in [2.05, 4.69) is 12.2 Å². The SMILES string of the molecule is CCCCCC(C)NC(=O)CN(CC)C(C)(C)C(=O)O. The average Bonchev–Trinajstić information content (AvgIpc) is 2.35. The summed E-state index contributed by atoms with van der Waals surface area (Å²) in [6.07, 6.45) is 4.41. The van der Waals surface area contributed by atoms with Crippen molar-refractivity contribution in [1.29, 1.82) is 0 Å². The highest BCUT2D eigenvalue weighted by Crippen LogP contribution is 2.14. The van der Waals surface area contributed by atoms with Gasteiger partial charge in [0.2, 0.25) is 5.91 Å². The van der Waals surface area contributed by atoms with Gasteiger partial charge in [0.1, 0.15) is 5.54 Å². The Labute approximate surface area is 122 Å². The monoisotopic (exact) mass is 286 g/mol. The molecule has 20 heavy (non-hydrogen) atoms. The first-order valence-corrected chi connectivity index (χ1v) is 7.53. The Morgan fingerprint density at radius 3 is 2.30 bits per heavy atom. The van der Waals surface area contributed by atoms with Gasteiger partial charge in [0, 0.05) is 6.04 Å². The zero-order valence-electron chi connectivity index (χ0n) is 13.5. The van der Waals surface area contributed by atoms with Crippen LogP contribution in [0.25, 0.3) is 0 Å². The van der Waals surface area contributed by atoms with Crippen LogP contribution in [0.1, 0.15) is 60.3 Å². The van der Waals surface area contributed by atoms with Gasteiger partial charge < -0.3 is 10.4 Å². The van der Waals surface area contributed by atoms with Gasteiger partial charge in [0.15, 0.2) is 0 Å². The lowest BCUT2D eigenvalue weighted by molar-refractivity contribution is -0.150. The van der Waals surface area contributed by atoms with Gasteiger partial charge in [-0.1, -0.05) is 33.1 Å². The van der Waals surface area contributed by atoms with Crippen LogP contribution < -0.4 is 5.32 Å². The minimum absolute atomic E-state index is 0.106. The maximum atomic E-state index is 12.0. The molecule has 0 rings (SSSR count). The highest BCUT2D eigenvalue weighted by Gasteiger charge is 2.34. The third-order valence-electron chi connectivity index (χ3n) is 3.68. The molecule has 0 aliphatic carbocycles. The summed E-state index contributed by atoms with van der Waals surface area (Å²) in [6.45, 7) is 9.89. The third kappa shape index (κ3) is 6.37. The largest absolute Gasteiger partial charge is 0.480 e. The molecule has 1 unspecified atom stereocenters. The van der Waals surface area contributed by atoms with Crippen LogP contribution in [0.2, 0.25) is 0 Å². The summed E-state index contributed by atoms with van der Waals surface area (Å²) in [5.41, 5.74) is -1.03. The van der Waals surface area contributed by atoms with E-state index in [0.717, 1.165) is 19.3 Å². The summed E-state index contributed by atoms with van der Waals surface area (Å²) < 4.78 is 0. The maximum Gasteiger partial charge on any atom is 0.323 e. The van der Waals surface area contributed by atoms with Gasteiger partial charge in [-0.3, -0.25) is 14.5 Å². The number of nitrogens with one attached hydrogen (secondary N) is 1. The number of likely N-dealkylation sites (N-methyl/N-ethyl adjacent to an activating group) is 1. The molecule has 0 aliphatic heterocycles. The Bertz CT molecular complexity index is 316. The quantitative estimate of drug-likeness (QED) is 0.604. The number of amides is 1. The number of carbonyl (C=O) groups excluding carboxylic acids is 1. The van der Waals surface area contributed by atoms with Crippen molar-refractivity contribution in [2.24, 2.45) is 0 Å². The smallest absolute Gasteiger partial charge is 0.323 e. The molecule has 0 fully saturated rings. The van der Waals surface area contributed by atoms with Crippen LogP contribution in [0.15, 0.2) is 0 Å². The molecule has 0 aromatic carbocycles. The Balaban J connectivity index is 4.32. The summed E-state index contributed by atoms with van der Waals surface area (Å²) in [5.74, 6) is -1.02. The molecule has 0 aliphatic rings. The minimum Gasteiger partial charge on any atom is -0.480 e. The summed E-state index contributed by atoms with van der Waals surface area (Å²) in [6, 6.07) is 0.140. The number of nitrogens with zero attached hydrogens (tertiary/aromatic N) is 1. The number of hydrogen-bond acceptors (Lipinski definition) is 3. The van der Waals surface area contributed by atoms with Crippen molar-refractivity contribution in [2.75, 3.05) is 13.1 Å². The normalized spacial score (nSPS) is 13.3. The van der Waals surface area contributed by atoms with Crippen molar-refractivity contribution < 1.29 is 14.7 Å². The Morgan fingerprint density at radius 2 is 1.85 bits per heavy atom. The summed E-state index contributed by atoms with van der Waals surface area (Å²) >= 11 is 0. The molecule has 0 aromatic rings. The van der Waals surface area contributed by atoms with Gasteiger partial charge in [-0.2, -0.15) is 0 Å². The highest BCUT2D eigenvalue weighted by molar-refractivity contribution is 5.81. The molecule has 0 heterocycles. The standard InChI is InChI=1S/C15H30N2O3/c1-6-8-9-10-12(3)16-13(18)11-17(7-2)15(4,5)14(19)20/h12H,6-11H2,1-5H3,(H,16,18)(H,19,20). The molecule has 0 aromatic heterocycles. The van der Waals surface area contributed by atoms with Gasteiger partial charge in [-0.25, -0.2) is 0 Å². The maximum absolute atomic E-state index is 12.0. The minimum atomic E-state index is -1.03. The molecule has 0 radical (unpaired) electrons. The summed E-state index contributed by atoms with van der Waals surface area (Å²) in [7, 11) is 0. The summed E-state index contributed by atoms with van der Waals surface area (Å²) in [5, 5.41) is 12.1. The first-order valence-electron chi connectivity index (χ1n) is 7.53. The van der Waals surface area contributed by atoms with Crippen molar-refractivity contribution in [1.82, 2.24) is 10.2 Å². The lowest BCUT2D eigenvalue weighted by Crippen LogP contribution is -2.54. The van der Waals surface area contributed by atoms with Crippen LogP contribution in [0.5, 0.6) is 0 Å². The van der Waals surface area contributed by atoms with Gasteiger partial charge in [0.25, 0.3) is 0 Å². The fourth-order valence-corrected chi connectivity index (χ4v) is 2.11. The van der Waals surface area contributed by atoms with Crippen LogP contribution in [0.3, 0.4) is 0 Å². The zero-order valence-corrected chi connectivity index (χ0v) is 13.5. The topological polar surface area (TPSA) is 69.6 Å². The van der Waals surface area contributed by atoms with Crippen molar-refractivity contribution >= 4 is 11.9 Å². The van der Waals surface area contributed by atoms with Gasteiger partial charge >= 0.3 is 5.97 Å². The van der Waals surface area contributed by atoms with Gasteiger partial charge in [0.05, 0.1) is 6.54 Å². The second-order valence-electron chi connectivity index (χ2n) is 5.84. The number of rotatable bonds is 10. The van der Waals surface area contributed by atoms with E-state index in [0.29, 0.717) is 6.54 Å². The zero-order chi connectivity index (χ0) is 15.8. The van der Waals surface area contributed by atoms with Gasteiger partial charge in [-0.15, -0.1) is 0 Å². The van der Waals surface area contributed by atoms with Crippen molar-refractivity contribution in [2.45, 2.75) is 71.9 Å². The lowest BCUT2D eigenvalue weighted by atomic mass is 10.0. The van der Waals surface area contributed by atoms with Crippen LogP contribution in [0, 0.1) is 0 Å². The molecule has 1 amide bonds. The predicted octanol–water partition coefficient (Wildman–Crippen LogP) is 2.26. The predicted molar refractivity (Wildman–Crippen MR) is 80.7 cm³/mol.